The molecule has 1 heterocycles. The van der Waals surface area contributed by atoms with Gasteiger partial charge in [-0.25, -0.2) is 4.79 Å². The van der Waals surface area contributed by atoms with E-state index in [-0.39, 0.29) is 19.1 Å². The number of aromatic nitrogens is 2. The van der Waals surface area contributed by atoms with Crippen LogP contribution in [0.1, 0.15) is 36.8 Å². The maximum Gasteiger partial charge on any atom is 0.344 e. The molecule has 0 N–H and O–H groups in total. The molecule has 3 rings (SSSR count). The van der Waals surface area contributed by atoms with Gasteiger partial charge in [-0.15, -0.1) is 0 Å². The molecular formula is C21H22N2O4. The van der Waals surface area contributed by atoms with Crippen molar-refractivity contribution in [1.29, 1.82) is 0 Å². The smallest absolute Gasteiger partial charge is 0.344 e. The van der Waals surface area contributed by atoms with Crippen LogP contribution in [0.3, 0.4) is 0 Å². The van der Waals surface area contributed by atoms with Crippen molar-refractivity contribution in [3.63, 3.8) is 0 Å². The zero-order valence-electron chi connectivity index (χ0n) is 15.6. The van der Waals surface area contributed by atoms with Crippen molar-refractivity contribution < 1.29 is 18.8 Å². The molecule has 140 valence electrons. The molecule has 6 heteroatoms. The molecule has 6 nitrogen and oxygen atoms in total. The summed E-state index contributed by atoms with van der Waals surface area (Å²) in [6.07, 6.45) is 0. The Balaban J connectivity index is 1.51. The van der Waals surface area contributed by atoms with Crippen molar-refractivity contribution in [2.45, 2.75) is 33.3 Å². The lowest BCUT2D eigenvalue weighted by molar-refractivity contribution is -0.148. The van der Waals surface area contributed by atoms with Crippen LogP contribution in [-0.2, 0) is 16.1 Å². The molecule has 0 fully saturated rings. The van der Waals surface area contributed by atoms with Gasteiger partial charge in [-0.1, -0.05) is 55.4 Å². The van der Waals surface area contributed by atoms with E-state index >= 15 is 0 Å². The summed E-state index contributed by atoms with van der Waals surface area (Å²) >= 11 is 0. The van der Waals surface area contributed by atoms with Crippen LogP contribution < -0.4 is 4.74 Å². The molecule has 0 saturated heterocycles. The third kappa shape index (κ3) is 5.17. The Hall–Kier alpha value is -3.15. The van der Waals surface area contributed by atoms with Crippen LogP contribution in [-0.4, -0.2) is 22.7 Å². The van der Waals surface area contributed by atoms with Crippen LogP contribution in [0.25, 0.3) is 11.4 Å². The summed E-state index contributed by atoms with van der Waals surface area (Å²) < 4.78 is 15.7. The quantitative estimate of drug-likeness (QED) is 0.581. The van der Waals surface area contributed by atoms with Crippen LogP contribution in [0.5, 0.6) is 5.75 Å². The standard InChI is InChI=1S/C21H22N2O4/c1-14(2)16-7-9-17(10-8-16)21-22-19(27-23-21)12-26-20(24)13-25-18-6-4-5-15(3)11-18/h4-11,14H,12-13H2,1-3H3. The highest BCUT2D eigenvalue weighted by atomic mass is 16.6. The summed E-state index contributed by atoms with van der Waals surface area (Å²) in [6, 6.07) is 15.4. The zero-order chi connectivity index (χ0) is 19.2. The molecular weight excluding hydrogens is 344 g/mol. The summed E-state index contributed by atoms with van der Waals surface area (Å²) in [6.45, 7) is 5.96. The molecule has 2 aromatic carbocycles. The number of ether oxygens (including phenoxy) is 2. The molecule has 0 saturated carbocycles. The molecule has 0 aliphatic heterocycles. The van der Waals surface area contributed by atoms with E-state index in [0.29, 0.717) is 17.5 Å². The molecule has 0 radical (unpaired) electrons. The highest BCUT2D eigenvalue weighted by molar-refractivity contribution is 5.71. The minimum atomic E-state index is -0.502. The molecule has 0 amide bonds. The third-order valence-electron chi connectivity index (χ3n) is 4.01. The number of hydrogen-bond acceptors (Lipinski definition) is 6. The van der Waals surface area contributed by atoms with Crippen molar-refractivity contribution in [3.8, 4) is 17.1 Å². The summed E-state index contributed by atoms with van der Waals surface area (Å²) in [4.78, 5) is 16.1. The van der Waals surface area contributed by atoms with Gasteiger partial charge < -0.3 is 14.0 Å². The summed E-state index contributed by atoms with van der Waals surface area (Å²) in [5.41, 5.74) is 3.15. The fourth-order valence-corrected chi connectivity index (χ4v) is 2.48. The van der Waals surface area contributed by atoms with E-state index in [1.165, 1.54) is 5.56 Å². The number of carbonyl (C=O) groups is 1. The third-order valence-corrected chi connectivity index (χ3v) is 4.01. The van der Waals surface area contributed by atoms with Crippen LogP contribution in [0.15, 0.2) is 53.1 Å². The maximum atomic E-state index is 11.8. The normalized spacial score (nSPS) is 10.8. The monoisotopic (exact) mass is 366 g/mol. The first-order chi connectivity index (χ1) is 13.0. The Labute approximate surface area is 158 Å². The van der Waals surface area contributed by atoms with E-state index in [4.69, 9.17) is 14.0 Å². The van der Waals surface area contributed by atoms with Gasteiger partial charge in [0.05, 0.1) is 0 Å². The summed E-state index contributed by atoms with van der Waals surface area (Å²) in [5.74, 6) is 1.28. The van der Waals surface area contributed by atoms with Gasteiger partial charge in [-0.3, -0.25) is 0 Å². The fraction of sp³-hybridized carbons (Fsp3) is 0.286. The van der Waals surface area contributed by atoms with Crippen molar-refractivity contribution in [3.05, 3.63) is 65.5 Å². The lowest BCUT2D eigenvalue weighted by atomic mass is 10.0. The number of aryl methyl sites for hydroxylation is 1. The first-order valence-corrected chi connectivity index (χ1v) is 8.79. The van der Waals surface area contributed by atoms with Gasteiger partial charge in [0.2, 0.25) is 5.82 Å². The van der Waals surface area contributed by atoms with Gasteiger partial charge in [0.1, 0.15) is 5.75 Å². The van der Waals surface area contributed by atoms with Gasteiger partial charge in [0.15, 0.2) is 13.2 Å². The topological polar surface area (TPSA) is 74.5 Å². The van der Waals surface area contributed by atoms with Crippen LogP contribution in [0.2, 0.25) is 0 Å². The van der Waals surface area contributed by atoms with E-state index in [9.17, 15) is 4.79 Å². The second-order valence-electron chi connectivity index (χ2n) is 6.55. The minimum Gasteiger partial charge on any atom is -0.482 e. The predicted octanol–water partition coefficient (Wildman–Crippen LogP) is 4.29. The molecule has 0 aliphatic rings. The molecule has 27 heavy (non-hydrogen) atoms. The van der Waals surface area contributed by atoms with Crippen molar-refractivity contribution in [1.82, 2.24) is 10.1 Å². The molecule has 0 unspecified atom stereocenters. The Kier molecular flexibility index (Phi) is 5.86. The van der Waals surface area contributed by atoms with E-state index in [1.54, 1.807) is 6.07 Å². The second-order valence-corrected chi connectivity index (χ2v) is 6.55. The Morgan fingerprint density at radius 1 is 1.15 bits per heavy atom. The van der Waals surface area contributed by atoms with E-state index in [1.807, 2.05) is 49.4 Å². The highest BCUT2D eigenvalue weighted by Gasteiger charge is 2.12. The predicted molar refractivity (Wildman–Crippen MR) is 100 cm³/mol. The SMILES string of the molecule is Cc1cccc(OCC(=O)OCc2nc(-c3ccc(C(C)C)cc3)no2)c1. The van der Waals surface area contributed by atoms with Crippen LogP contribution >= 0.6 is 0 Å². The first kappa shape index (κ1) is 18.6. The van der Waals surface area contributed by atoms with Gasteiger partial charge in [0.25, 0.3) is 5.89 Å². The Bertz CT molecular complexity index is 901. The van der Waals surface area contributed by atoms with Gasteiger partial charge >= 0.3 is 5.97 Å². The first-order valence-electron chi connectivity index (χ1n) is 8.79. The van der Waals surface area contributed by atoms with Gasteiger partial charge in [0, 0.05) is 5.56 Å². The summed E-state index contributed by atoms with van der Waals surface area (Å²) in [5, 5.41) is 3.93. The largest absolute Gasteiger partial charge is 0.482 e. The number of rotatable bonds is 7. The summed E-state index contributed by atoms with van der Waals surface area (Å²) in [7, 11) is 0. The lowest BCUT2D eigenvalue weighted by Gasteiger charge is -2.06. The molecule has 0 spiro atoms. The number of benzene rings is 2. The Morgan fingerprint density at radius 2 is 1.93 bits per heavy atom. The van der Waals surface area contributed by atoms with Crippen LogP contribution in [0.4, 0.5) is 0 Å². The fourth-order valence-electron chi connectivity index (χ4n) is 2.48. The second kappa shape index (κ2) is 8.49. The number of nitrogens with zero attached hydrogens (tertiary/aromatic N) is 2. The highest BCUT2D eigenvalue weighted by Crippen LogP contribution is 2.20. The van der Waals surface area contributed by atoms with Crippen LogP contribution in [0, 0.1) is 6.92 Å². The van der Waals surface area contributed by atoms with Crippen molar-refractivity contribution in [2.24, 2.45) is 0 Å². The van der Waals surface area contributed by atoms with Crippen molar-refractivity contribution in [2.75, 3.05) is 6.61 Å². The molecule has 3 aromatic rings. The minimum absolute atomic E-state index is 0.0902. The zero-order valence-corrected chi connectivity index (χ0v) is 15.6. The average molecular weight is 366 g/mol. The van der Waals surface area contributed by atoms with E-state index in [0.717, 1.165) is 11.1 Å². The van der Waals surface area contributed by atoms with Gasteiger partial charge in [-0.05, 0) is 36.1 Å². The van der Waals surface area contributed by atoms with Crippen molar-refractivity contribution >= 4 is 5.97 Å². The average Bonchev–Trinajstić information content (AvgIpc) is 3.14. The number of esters is 1. The molecule has 0 bridgehead atoms. The Morgan fingerprint density at radius 3 is 2.63 bits per heavy atom. The lowest BCUT2D eigenvalue weighted by Crippen LogP contribution is -2.14. The maximum absolute atomic E-state index is 11.8. The number of carbonyl (C=O) groups excluding carboxylic acids is 1. The van der Waals surface area contributed by atoms with E-state index in [2.05, 4.69) is 24.0 Å². The molecule has 0 aliphatic carbocycles. The number of hydrogen-bond donors (Lipinski definition) is 0. The molecule has 0 atom stereocenters. The molecule has 1 aromatic heterocycles. The van der Waals surface area contributed by atoms with Gasteiger partial charge in [-0.2, -0.15) is 4.98 Å². The van der Waals surface area contributed by atoms with E-state index < -0.39 is 5.97 Å².